The zero-order valence-corrected chi connectivity index (χ0v) is 17.1. The molecule has 0 fully saturated rings. The lowest BCUT2D eigenvalue weighted by atomic mass is 10.1. The molecule has 30 heavy (non-hydrogen) atoms. The zero-order chi connectivity index (χ0) is 21.7. The van der Waals surface area contributed by atoms with Crippen LogP contribution in [-0.2, 0) is 4.79 Å². The molecule has 0 saturated carbocycles. The average molecular weight is 407 g/mol. The first kappa shape index (κ1) is 21.2. The lowest BCUT2D eigenvalue weighted by molar-refractivity contribution is -0.116. The average Bonchev–Trinajstić information content (AvgIpc) is 2.99. The number of fused-ring (bicyclic) bond motifs is 1. The third kappa shape index (κ3) is 4.56. The molecule has 2 N–H and O–H groups in total. The summed E-state index contributed by atoms with van der Waals surface area (Å²) in [5.74, 6) is -1.19. The summed E-state index contributed by atoms with van der Waals surface area (Å²) in [6, 6.07) is 13.5. The molecule has 2 aromatic carbocycles. The molecule has 0 unspecified atom stereocenters. The van der Waals surface area contributed by atoms with Crippen molar-refractivity contribution in [1.29, 1.82) is 0 Å². The molecule has 0 radical (unpaired) electrons. The quantitative estimate of drug-likeness (QED) is 0.657. The highest BCUT2D eigenvalue weighted by Crippen LogP contribution is 2.23. The van der Waals surface area contributed by atoms with Crippen molar-refractivity contribution in [2.24, 2.45) is 0 Å². The van der Waals surface area contributed by atoms with Crippen LogP contribution >= 0.6 is 0 Å². The first-order valence-electron chi connectivity index (χ1n) is 10.1. The van der Waals surface area contributed by atoms with E-state index in [-0.39, 0.29) is 42.6 Å². The van der Waals surface area contributed by atoms with E-state index < -0.39 is 0 Å². The minimum Gasteiger partial charge on any atom is -0.350 e. The van der Waals surface area contributed by atoms with Gasteiger partial charge in [0.1, 0.15) is 0 Å². The van der Waals surface area contributed by atoms with Gasteiger partial charge >= 0.3 is 0 Å². The summed E-state index contributed by atoms with van der Waals surface area (Å²) in [6.45, 7) is 4.06. The normalized spacial score (nSPS) is 13.7. The van der Waals surface area contributed by atoms with E-state index in [1.807, 2.05) is 13.8 Å². The van der Waals surface area contributed by atoms with Crippen LogP contribution in [0.2, 0.25) is 0 Å². The largest absolute Gasteiger partial charge is 0.350 e. The van der Waals surface area contributed by atoms with Crippen molar-refractivity contribution in [2.75, 3.05) is 11.9 Å². The van der Waals surface area contributed by atoms with Crippen molar-refractivity contribution in [3.63, 3.8) is 0 Å². The molecule has 1 heterocycles. The van der Waals surface area contributed by atoms with E-state index in [0.29, 0.717) is 28.8 Å². The van der Waals surface area contributed by atoms with E-state index in [9.17, 15) is 19.2 Å². The molecule has 156 valence electrons. The summed E-state index contributed by atoms with van der Waals surface area (Å²) >= 11 is 0. The number of carbonyl (C=O) groups is 4. The number of hydrogen-bond acceptors (Lipinski definition) is 4. The Morgan fingerprint density at radius 2 is 1.57 bits per heavy atom. The van der Waals surface area contributed by atoms with Gasteiger partial charge in [0, 0.05) is 19.0 Å². The first-order chi connectivity index (χ1) is 14.4. The molecule has 0 aliphatic carbocycles. The highest BCUT2D eigenvalue weighted by molar-refractivity contribution is 6.21. The van der Waals surface area contributed by atoms with Crippen molar-refractivity contribution >= 4 is 29.3 Å². The third-order valence-corrected chi connectivity index (χ3v) is 5.10. The van der Waals surface area contributed by atoms with Crippen molar-refractivity contribution in [3.05, 3.63) is 65.2 Å². The van der Waals surface area contributed by atoms with Crippen LogP contribution in [0.1, 0.15) is 64.2 Å². The van der Waals surface area contributed by atoms with E-state index in [2.05, 4.69) is 10.6 Å². The number of imide groups is 1. The van der Waals surface area contributed by atoms with E-state index >= 15 is 0 Å². The van der Waals surface area contributed by atoms with E-state index in [4.69, 9.17) is 0 Å². The van der Waals surface area contributed by atoms with Gasteiger partial charge in [-0.15, -0.1) is 0 Å². The number of benzene rings is 2. The van der Waals surface area contributed by atoms with E-state index in [0.717, 1.165) is 6.42 Å². The van der Waals surface area contributed by atoms with Crippen LogP contribution < -0.4 is 10.6 Å². The first-order valence-corrected chi connectivity index (χ1v) is 10.1. The Morgan fingerprint density at radius 3 is 2.20 bits per heavy atom. The molecule has 1 atom stereocenters. The molecule has 3 rings (SSSR count). The van der Waals surface area contributed by atoms with Crippen LogP contribution in [0.4, 0.5) is 5.69 Å². The minimum absolute atomic E-state index is 0.0286. The molecule has 0 saturated heterocycles. The van der Waals surface area contributed by atoms with Crippen LogP contribution in [-0.4, -0.2) is 41.1 Å². The molecule has 0 spiro atoms. The van der Waals surface area contributed by atoms with Gasteiger partial charge in [-0.2, -0.15) is 0 Å². The number of carbonyl (C=O) groups excluding carboxylic acids is 4. The Balaban J connectivity index is 1.56. The van der Waals surface area contributed by atoms with Crippen LogP contribution in [0.5, 0.6) is 0 Å². The van der Waals surface area contributed by atoms with E-state index in [1.165, 1.54) is 4.90 Å². The van der Waals surface area contributed by atoms with Crippen LogP contribution in [0, 0.1) is 0 Å². The fraction of sp³-hybridized carbons (Fsp3) is 0.304. The second-order valence-corrected chi connectivity index (χ2v) is 7.29. The highest BCUT2D eigenvalue weighted by Gasteiger charge is 2.34. The third-order valence-electron chi connectivity index (χ3n) is 5.10. The van der Waals surface area contributed by atoms with Gasteiger partial charge in [0.2, 0.25) is 5.91 Å². The maximum absolute atomic E-state index is 12.4. The monoisotopic (exact) mass is 407 g/mol. The van der Waals surface area contributed by atoms with Gasteiger partial charge < -0.3 is 10.6 Å². The van der Waals surface area contributed by atoms with Gasteiger partial charge in [-0.25, -0.2) is 0 Å². The van der Waals surface area contributed by atoms with Crippen molar-refractivity contribution in [2.45, 2.75) is 39.2 Å². The number of amides is 4. The molecule has 7 nitrogen and oxygen atoms in total. The number of hydrogen-bond donors (Lipinski definition) is 2. The number of anilines is 1. The number of rotatable bonds is 8. The molecule has 0 aromatic heterocycles. The second kappa shape index (κ2) is 9.35. The fourth-order valence-corrected chi connectivity index (χ4v) is 3.25. The lowest BCUT2D eigenvalue weighted by Gasteiger charge is -2.15. The molecule has 0 bridgehead atoms. The number of para-hydroxylation sites is 1. The Morgan fingerprint density at radius 1 is 0.967 bits per heavy atom. The minimum atomic E-state index is -0.330. The van der Waals surface area contributed by atoms with Gasteiger partial charge in [0.05, 0.1) is 22.4 Å². The summed E-state index contributed by atoms with van der Waals surface area (Å²) in [5, 5.41) is 5.65. The summed E-state index contributed by atoms with van der Waals surface area (Å²) in [6.07, 6.45) is 1.26. The molecular weight excluding hydrogens is 382 g/mol. The topological polar surface area (TPSA) is 95.6 Å². The maximum Gasteiger partial charge on any atom is 0.261 e. The van der Waals surface area contributed by atoms with Crippen molar-refractivity contribution in [1.82, 2.24) is 10.2 Å². The van der Waals surface area contributed by atoms with Gasteiger partial charge in [-0.3, -0.25) is 24.1 Å². The highest BCUT2D eigenvalue weighted by atomic mass is 16.2. The fourth-order valence-electron chi connectivity index (χ4n) is 3.25. The van der Waals surface area contributed by atoms with Crippen molar-refractivity contribution < 1.29 is 19.2 Å². The zero-order valence-electron chi connectivity index (χ0n) is 17.1. The lowest BCUT2D eigenvalue weighted by Crippen LogP contribution is -2.33. The Labute approximate surface area is 175 Å². The summed E-state index contributed by atoms with van der Waals surface area (Å²) in [7, 11) is 0. The second-order valence-electron chi connectivity index (χ2n) is 7.29. The Bertz CT molecular complexity index is 951. The molecule has 1 aliphatic heterocycles. The predicted molar refractivity (Wildman–Crippen MR) is 113 cm³/mol. The molecule has 1 aliphatic rings. The van der Waals surface area contributed by atoms with Crippen molar-refractivity contribution in [3.8, 4) is 0 Å². The van der Waals surface area contributed by atoms with E-state index in [1.54, 1.807) is 48.5 Å². The summed E-state index contributed by atoms with van der Waals surface area (Å²) in [4.78, 5) is 50.7. The SMILES string of the molecule is CC[C@@H](C)NC(=O)c1ccccc1NC(=O)CCCN1C(=O)c2ccccc2C1=O. The maximum atomic E-state index is 12.4. The summed E-state index contributed by atoms with van der Waals surface area (Å²) in [5.41, 5.74) is 1.62. The van der Waals surface area contributed by atoms with Gasteiger partial charge in [-0.1, -0.05) is 31.2 Å². The molecule has 2 aromatic rings. The Hall–Kier alpha value is -3.48. The van der Waals surface area contributed by atoms with Gasteiger partial charge in [-0.05, 0) is 44.0 Å². The standard InChI is InChI=1S/C23H25N3O4/c1-3-15(2)24-21(28)18-11-6-7-12-19(18)25-20(27)13-8-14-26-22(29)16-9-4-5-10-17(16)23(26)30/h4-7,9-12,15H,3,8,13-14H2,1-2H3,(H,24,28)(H,25,27)/t15-/m1/s1. The van der Waals surface area contributed by atoms with Gasteiger partial charge in [0.15, 0.2) is 0 Å². The number of nitrogens with zero attached hydrogens (tertiary/aromatic N) is 1. The molecule has 4 amide bonds. The Kier molecular flexibility index (Phi) is 6.61. The summed E-state index contributed by atoms with van der Waals surface area (Å²) < 4.78 is 0. The molecular formula is C23H25N3O4. The smallest absolute Gasteiger partial charge is 0.261 e. The van der Waals surface area contributed by atoms with Crippen LogP contribution in [0.15, 0.2) is 48.5 Å². The molecule has 7 heteroatoms. The van der Waals surface area contributed by atoms with Crippen LogP contribution in [0.3, 0.4) is 0 Å². The van der Waals surface area contributed by atoms with Crippen LogP contribution in [0.25, 0.3) is 0 Å². The number of nitrogens with one attached hydrogen (secondary N) is 2. The van der Waals surface area contributed by atoms with Gasteiger partial charge in [0.25, 0.3) is 17.7 Å². The predicted octanol–water partition coefficient (Wildman–Crippen LogP) is 3.23.